The highest BCUT2D eigenvalue weighted by atomic mass is 19.4. The highest BCUT2D eigenvalue weighted by Crippen LogP contribution is 2.45. The maximum absolute atomic E-state index is 12.8. The lowest BCUT2D eigenvalue weighted by molar-refractivity contribution is -0.137. The molecule has 20 heavy (non-hydrogen) atoms. The van der Waals surface area contributed by atoms with E-state index in [-0.39, 0.29) is 5.56 Å². The van der Waals surface area contributed by atoms with E-state index in [1.165, 1.54) is 6.20 Å². The van der Waals surface area contributed by atoms with Gasteiger partial charge in [-0.25, -0.2) is 4.98 Å². The number of anilines is 1. The van der Waals surface area contributed by atoms with Crippen molar-refractivity contribution in [2.45, 2.75) is 51.4 Å². The molecule has 1 aliphatic heterocycles. The number of hydrogen-bond acceptors (Lipinski definition) is 4. The minimum absolute atomic E-state index is 0.199. The van der Waals surface area contributed by atoms with Gasteiger partial charge in [0.05, 0.1) is 16.8 Å². The fourth-order valence-electron chi connectivity index (χ4n) is 1.83. The van der Waals surface area contributed by atoms with Gasteiger partial charge in [-0.2, -0.15) is 13.2 Å². The third-order valence-corrected chi connectivity index (χ3v) is 3.77. The van der Waals surface area contributed by atoms with Gasteiger partial charge in [-0.1, -0.05) is 0 Å². The summed E-state index contributed by atoms with van der Waals surface area (Å²) in [6.45, 7) is 7.29. The van der Waals surface area contributed by atoms with Crippen molar-refractivity contribution >= 4 is 5.82 Å². The molecule has 4 nitrogen and oxygen atoms in total. The van der Waals surface area contributed by atoms with E-state index in [2.05, 4.69) is 4.98 Å². The van der Waals surface area contributed by atoms with Crippen LogP contribution in [0.3, 0.4) is 0 Å². The van der Waals surface area contributed by atoms with Crippen molar-refractivity contribution < 1.29 is 22.6 Å². The van der Waals surface area contributed by atoms with Gasteiger partial charge >= 0.3 is 6.18 Å². The lowest BCUT2D eigenvalue weighted by Crippen LogP contribution is -2.41. The third kappa shape index (κ3) is 2.47. The zero-order chi connectivity index (χ0) is 15.3. The largest absolute Gasteiger partial charge is 0.419 e. The number of alkyl halides is 3. The van der Waals surface area contributed by atoms with Crippen LogP contribution in [0.2, 0.25) is 0 Å². The summed E-state index contributed by atoms with van der Waals surface area (Å²) in [6, 6.07) is 0.921. The summed E-state index contributed by atoms with van der Waals surface area (Å²) in [5, 5.41) is 0. The van der Waals surface area contributed by atoms with Crippen LogP contribution >= 0.6 is 0 Å². The lowest BCUT2D eigenvalue weighted by Gasteiger charge is -2.30. The minimum atomic E-state index is -4.56. The second-order valence-corrected chi connectivity index (χ2v) is 5.79. The summed E-state index contributed by atoms with van der Waals surface area (Å²) in [5.74, 6) is -0.558. The fraction of sp³-hybridized carbons (Fsp3) is 0.615. The molecule has 2 N–H and O–H groups in total. The average molecular weight is 290 g/mol. The molecule has 0 aromatic carbocycles. The zero-order valence-corrected chi connectivity index (χ0v) is 11.7. The quantitative estimate of drug-likeness (QED) is 0.862. The number of rotatable bonds is 1. The molecule has 1 aromatic heterocycles. The van der Waals surface area contributed by atoms with Crippen molar-refractivity contribution in [2.24, 2.45) is 0 Å². The van der Waals surface area contributed by atoms with Crippen LogP contribution in [0, 0.1) is 0 Å². The second-order valence-electron chi connectivity index (χ2n) is 5.79. The molecular formula is C13H17F3N2O2. The summed E-state index contributed by atoms with van der Waals surface area (Å²) in [7, 11) is 0. The summed E-state index contributed by atoms with van der Waals surface area (Å²) in [6.07, 6.45) is -4.21. The van der Waals surface area contributed by atoms with Gasteiger partial charge in [-0.15, -0.1) is 0 Å². The molecule has 1 aromatic rings. The van der Waals surface area contributed by atoms with Crippen molar-refractivity contribution in [1.29, 1.82) is 0 Å². The first-order valence-corrected chi connectivity index (χ1v) is 6.12. The van der Waals surface area contributed by atoms with E-state index in [0.29, 0.717) is 0 Å². The highest BCUT2D eigenvalue weighted by Gasteiger charge is 2.50. The van der Waals surface area contributed by atoms with Crippen LogP contribution in [-0.4, -0.2) is 16.2 Å². The number of halogens is 3. The maximum Gasteiger partial charge on any atom is 0.419 e. The molecule has 1 aliphatic rings. The Labute approximate surface area is 115 Å². The van der Waals surface area contributed by atoms with Gasteiger partial charge in [0.2, 0.25) is 0 Å². The molecule has 0 saturated carbocycles. The van der Waals surface area contributed by atoms with Crippen LogP contribution < -0.4 is 5.73 Å². The molecule has 2 heterocycles. The highest BCUT2D eigenvalue weighted by molar-refractivity contribution is 5.43. The first kappa shape index (κ1) is 15.1. The number of nitrogen functional groups attached to an aromatic ring is 1. The second kappa shape index (κ2) is 4.33. The summed E-state index contributed by atoms with van der Waals surface area (Å²) in [4.78, 5) is 3.58. The third-order valence-electron chi connectivity index (χ3n) is 3.77. The molecule has 7 heteroatoms. The van der Waals surface area contributed by atoms with Crippen molar-refractivity contribution in [2.75, 3.05) is 5.73 Å². The molecule has 1 saturated heterocycles. The first-order chi connectivity index (χ1) is 8.94. The van der Waals surface area contributed by atoms with Gasteiger partial charge in [-0.3, -0.25) is 0 Å². The number of hydrogen-bond donors (Lipinski definition) is 1. The molecule has 0 amide bonds. The Hall–Kier alpha value is -1.34. The van der Waals surface area contributed by atoms with E-state index in [1.54, 1.807) is 0 Å². The maximum atomic E-state index is 12.8. The Balaban J connectivity index is 2.37. The number of ether oxygens (including phenoxy) is 2. The standard InChI is InChI=1S/C13H17F3N2O2/c1-11(2)12(3,4)20-10(19-11)7-5-8(13(14,15)16)9(17)18-6-7/h5-6,10H,1-4H3,(H2,17,18). The predicted octanol–water partition coefficient (Wildman–Crippen LogP) is 3.29. The molecule has 0 radical (unpaired) electrons. The van der Waals surface area contributed by atoms with Gasteiger partial charge in [0.25, 0.3) is 0 Å². The Morgan fingerprint density at radius 3 is 2.10 bits per heavy atom. The molecule has 0 aliphatic carbocycles. The van der Waals surface area contributed by atoms with Gasteiger partial charge in [0.1, 0.15) is 5.82 Å². The smallest absolute Gasteiger partial charge is 0.383 e. The van der Waals surface area contributed by atoms with E-state index in [0.717, 1.165) is 6.07 Å². The van der Waals surface area contributed by atoms with E-state index < -0.39 is 35.0 Å². The Kier molecular flexibility index (Phi) is 3.26. The summed E-state index contributed by atoms with van der Waals surface area (Å²) in [5.41, 5.74) is 3.23. The molecule has 2 rings (SSSR count). The first-order valence-electron chi connectivity index (χ1n) is 6.12. The number of pyridine rings is 1. The topological polar surface area (TPSA) is 57.4 Å². The SMILES string of the molecule is CC1(C)OC(c2cnc(N)c(C(F)(F)F)c2)OC1(C)C. The van der Waals surface area contributed by atoms with Crippen LogP contribution in [0.4, 0.5) is 19.0 Å². The van der Waals surface area contributed by atoms with Gasteiger partial charge in [0.15, 0.2) is 6.29 Å². The number of nitrogens with zero attached hydrogens (tertiary/aromatic N) is 1. The predicted molar refractivity (Wildman–Crippen MR) is 66.7 cm³/mol. The van der Waals surface area contributed by atoms with E-state index in [4.69, 9.17) is 15.2 Å². The van der Waals surface area contributed by atoms with Crippen LogP contribution in [-0.2, 0) is 15.7 Å². The zero-order valence-electron chi connectivity index (χ0n) is 11.7. The van der Waals surface area contributed by atoms with E-state index >= 15 is 0 Å². The number of aromatic nitrogens is 1. The molecular weight excluding hydrogens is 273 g/mol. The van der Waals surface area contributed by atoms with Crippen molar-refractivity contribution in [3.63, 3.8) is 0 Å². The summed E-state index contributed by atoms with van der Waals surface area (Å²) >= 11 is 0. The lowest BCUT2D eigenvalue weighted by atomic mass is 9.90. The van der Waals surface area contributed by atoms with E-state index in [9.17, 15) is 13.2 Å². The number of nitrogens with two attached hydrogens (primary N) is 1. The molecule has 112 valence electrons. The van der Waals surface area contributed by atoms with Gasteiger partial charge in [0, 0.05) is 11.8 Å². The van der Waals surface area contributed by atoms with Crippen LogP contribution in [0.25, 0.3) is 0 Å². The van der Waals surface area contributed by atoms with Gasteiger partial charge < -0.3 is 15.2 Å². The monoisotopic (exact) mass is 290 g/mol. The van der Waals surface area contributed by atoms with Gasteiger partial charge in [-0.05, 0) is 33.8 Å². The summed E-state index contributed by atoms with van der Waals surface area (Å²) < 4.78 is 49.8. The molecule has 1 fully saturated rings. The Bertz CT molecular complexity index is 511. The molecule has 0 bridgehead atoms. The minimum Gasteiger partial charge on any atom is -0.383 e. The molecule has 0 unspecified atom stereocenters. The Morgan fingerprint density at radius 2 is 1.65 bits per heavy atom. The van der Waals surface area contributed by atoms with Crippen molar-refractivity contribution in [3.8, 4) is 0 Å². The van der Waals surface area contributed by atoms with Crippen molar-refractivity contribution in [1.82, 2.24) is 4.98 Å². The van der Waals surface area contributed by atoms with Crippen molar-refractivity contribution in [3.05, 3.63) is 23.4 Å². The fourth-order valence-corrected chi connectivity index (χ4v) is 1.83. The van der Waals surface area contributed by atoms with E-state index in [1.807, 2.05) is 27.7 Å². The molecule has 0 spiro atoms. The normalized spacial score (nSPS) is 22.1. The average Bonchev–Trinajstić information content (AvgIpc) is 2.47. The molecule has 0 atom stereocenters. The van der Waals surface area contributed by atoms with Crippen LogP contribution in [0.1, 0.15) is 45.1 Å². The Morgan fingerprint density at radius 1 is 1.15 bits per heavy atom. The van der Waals surface area contributed by atoms with Crippen LogP contribution in [0.5, 0.6) is 0 Å². The van der Waals surface area contributed by atoms with Crippen LogP contribution in [0.15, 0.2) is 12.3 Å².